The maximum absolute atomic E-state index is 13.0. The molecule has 0 saturated heterocycles. The highest BCUT2D eigenvalue weighted by Gasteiger charge is 2.38. The van der Waals surface area contributed by atoms with Crippen LogP contribution in [-0.4, -0.2) is 22.9 Å². The van der Waals surface area contributed by atoms with E-state index in [0.717, 1.165) is 6.07 Å². The van der Waals surface area contributed by atoms with Crippen LogP contribution in [0.15, 0.2) is 16.7 Å². The van der Waals surface area contributed by atoms with Gasteiger partial charge in [-0.2, -0.15) is 13.2 Å². The van der Waals surface area contributed by atoms with Gasteiger partial charge in [-0.1, -0.05) is 15.9 Å². The Hall–Kier alpha value is -0.300. The molecule has 1 aromatic rings. The molecule has 0 radical (unpaired) electrons. The molecule has 0 aliphatic carbocycles. The van der Waals surface area contributed by atoms with E-state index in [2.05, 4.69) is 36.8 Å². The molecular formula is C11H13Br2F3N2. The largest absolute Gasteiger partial charge is 0.419 e. The van der Waals surface area contributed by atoms with Crippen LogP contribution in [-0.2, 0) is 6.18 Å². The van der Waals surface area contributed by atoms with Crippen molar-refractivity contribution in [3.8, 4) is 0 Å². The Kier molecular flexibility index (Phi) is 4.70. The molecule has 0 N–H and O–H groups in total. The lowest BCUT2D eigenvalue weighted by molar-refractivity contribution is -0.137. The summed E-state index contributed by atoms with van der Waals surface area (Å²) in [7, 11) is 1.60. The first-order valence-electron chi connectivity index (χ1n) is 5.12. The van der Waals surface area contributed by atoms with Gasteiger partial charge in [-0.05, 0) is 35.8 Å². The van der Waals surface area contributed by atoms with Crippen molar-refractivity contribution in [2.24, 2.45) is 0 Å². The molecule has 1 heterocycles. The van der Waals surface area contributed by atoms with Gasteiger partial charge in [-0.25, -0.2) is 4.98 Å². The molecule has 0 saturated carbocycles. The molecular weight excluding hydrogens is 377 g/mol. The zero-order valence-electron chi connectivity index (χ0n) is 10.1. The highest BCUT2D eigenvalue weighted by Crippen LogP contribution is 2.38. The van der Waals surface area contributed by atoms with E-state index in [1.807, 2.05) is 13.8 Å². The minimum atomic E-state index is -4.43. The van der Waals surface area contributed by atoms with E-state index >= 15 is 0 Å². The van der Waals surface area contributed by atoms with Crippen LogP contribution in [0.4, 0.5) is 19.0 Å². The van der Waals surface area contributed by atoms with Gasteiger partial charge in [0.25, 0.3) is 0 Å². The number of halogens is 5. The molecule has 7 heteroatoms. The number of hydrogen-bond donors (Lipinski definition) is 0. The Morgan fingerprint density at radius 1 is 1.33 bits per heavy atom. The fourth-order valence-corrected chi connectivity index (χ4v) is 1.99. The lowest BCUT2D eigenvalue weighted by atomic mass is 10.1. The summed E-state index contributed by atoms with van der Waals surface area (Å²) >= 11 is 6.31. The summed E-state index contributed by atoms with van der Waals surface area (Å²) < 4.78 is 39.3. The minimum Gasteiger partial charge on any atom is -0.353 e. The number of rotatable bonds is 3. The van der Waals surface area contributed by atoms with Gasteiger partial charge in [-0.15, -0.1) is 0 Å². The molecule has 0 spiro atoms. The Labute approximate surface area is 121 Å². The number of pyridine rings is 1. The molecule has 102 valence electrons. The normalized spacial score (nSPS) is 12.7. The molecule has 0 fully saturated rings. The summed E-state index contributed by atoms with van der Waals surface area (Å²) in [5, 5.41) is 0.533. The third-order valence-electron chi connectivity index (χ3n) is 2.69. The van der Waals surface area contributed by atoms with E-state index < -0.39 is 17.3 Å². The van der Waals surface area contributed by atoms with E-state index in [0.29, 0.717) is 9.80 Å². The van der Waals surface area contributed by atoms with Crippen molar-refractivity contribution in [1.82, 2.24) is 4.98 Å². The minimum absolute atomic E-state index is 0.0739. The summed E-state index contributed by atoms with van der Waals surface area (Å²) in [6.07, 6.45) is -3.06. The molecule has 0 unspecified atom stereocenters. The smallest absolute Gasteiger partial charge is 0.353 e. The molecule has 1 rings (SSSR count). The van der Waals surface area contributed by atoms with Crippen molar-refractivity contribution in [2.75, 3.05) is 17.3 Å². The molecule has 0 aliphatic heterocycles. The van der Waals surface area contributed by atoms with Gasteiger partial charge in [0.1, 0.15) is 5.82 Å². The van der Waals surface area contributed by atoms with Gasteiger partial charge >= 0.3 is 6.18 Å². The third-order valence-corrected chi connectivity index (χ3v) is 4.50. The van der Waals surface area contributed by atoms with E-state index in [1.165, 1.54) is 11.1 Å². The quantitative estimate of drug-likeness (QED) is 0.709. The third kappa shape index (κ3) is 3.38. The van der Waals surface area contributed by atoms with Crippen molar-refractivity contribution in [2.45, 2.75) is 25.6 Å². The van der Waals surface area contributed by atoms with Crippen molar-refractivity contribution in [3.05, 3.63) is 22.3 Å². The molecule has 0 aliphatic rings. The predicted molar refractivity (Wildman–Crippen MR) is 73.2 cm³/mol. The first-order chi connectivity index (χ1) is 8.09. The number of aromatic nitrogens is 1. The summed E-state index contributed by atoms with van der Waals surface area (Å²) in [5.74, 6) is -0.0739. The van der Waals surface area contributed by atoms with E-state index in [1.54, 1.807) is 7.05 Å². The van der Waals surface area contributed by atoms with Crippen molar-refractivity contribution < 1.29 is 13.2 Å². The maximum Gasteiger partial charge on any atom is 0.419 e. The van der Waals surface area contributed by atoms with Crippen molar-refractivity contribution >= 4 is 37.7 Å². The molecule has 1 aromatic heterocycles. The van der Waals surface area contributed by atoms with E-state index in [4.69, 9.17) is 0 Å². The highest BCUT2D eigenvalue weighted by atomic mass is 79.9. The van der Waals surface area contributed by atoms with Gasteiger partial charge in [0.05, 0.1) is 5.56 Å². The SMILES string of the molecule is CN(c1ncc(Br)cc1C(F)(F)F)C(C)(C)CBr. The average molecular weight is 390 g/mol. The van der Waals surface area contributed by atoms with Crippen LogP contribution in [0.25, 0.3) is 0 Å². The van der Waals surface area contributed by atoms with Gasteiger partial charge in [0.2, 0.25) is 0 Å². The number of alkyl halides is 4. The highest BCUT2D eigenvalue weighted by molar-refractivity contribution is 9.10. The van der Waals surface area contributed by atoms with Crippen molar-refractivity contribution in [1.29, 1.82) is 0 Å². The van der Waals surface area contributed by atoms with E-state index in [9.17, 15) is 13.2 Å². The zero-order chi connectivity index (χ0) is 14.1. The van der Waals surface area contributed by atoms with Crippen LogP contribution < -0.4 is 4.90 Å². The molecule has 0 aromatic carbocycles. The lowest BCUT2D eigenvalue weighted by Gasteiger charge is -2.36. The summed E-state index contributed by atoms with van der Waals surface area (Å²) in [6, 6.07) is 1.04. The first-order valence-corrected chi connectivity index (χ1v) is 7.03. The van der Waals surface area contributed by atoms with Crippen LogP contribution in [0.2, 0.25) is 0 Å². The van der Waals surface area contributed by atoms with Gasteiger partial charge in [-0.3, -0.25) is 0 Å². The van der Waals surface area contributed by atoms with Gasteiger partial charge < -0.3 is 4.90 Å². The van der Waals surface area contributed by atoms with Crippen molar-refractivity contribution in [3.63, 3.8) is 0 Å². The fourth-order valence-electron chi connectivity index (χ4n) is 1.28. The average Bonchev–Trinajstić information content (AvgIpc) is 2.27. The molecule has 0 amide bonds. The number of hydrogen-bond acceptors (Lipinski definition) is 2. The predicted octanol–water partition coefficient (Wildman–Crippen LogP) is 4.47. The number of anilines is 1. The maximum atomic E-state index is 13.0. The standard InChI is InChI=1S/C11H13Br2F3N2/c1-10(2,6-12)18(3)9-8(11(14,15)16)4-7(13)5-17-9/h4-5H,6H2,1-3H3. The molecule has 18 heavy (non-hydrogen) atoms. The Balaban J connectivity index is 3.33. The second-order valence-electron chi connectivity index (χ2n) is 4.53. The van der Waals surface area contributed by atoms with Gasteiger partial charge in [0.15, 0.2) is 0 Å². The zero-order valence-corrected chi connectivity index (χ0v) is 13.3. The lowest BCUT2D eigenvalue weighted by Crippen LogP contribution is -2.44. The van der Waals surface area contributed by atoms with Crippen LogP contribution in [0.3, 0.4) is 0 Å². The summed E-state index contributed by atoms with van der Waals surface area (Å²) in [5.41, 5.74) is -1.21. The summed E-state index contributed by atoms with van der Waals surface area (Å²) in [6.45, 7) is 3.68. The Morgan fingerprint density at radius 3 is 2.33 bits per heavy atom. The Bertz CT molecular complexity index is 433. The first kappa shape index (κ1) is 15.8. The van der Waals surface area contributed by atoms with Crippen LogP contribution in [0, 0.1) is 0 Å². The monoisotopic (exact) mass is 388 g/mol. The second kappa shape index (κ2) is 5.36. The topological polar surface area (TPSA) is 16.1 Å². The van der Waals surface area contributed by atoms with Gasteiger partial charge in [0, 0.05) is 28.6 Å². The molecule has 0 bridgehead atoms. The Morgan fingerprint density at radius 2 is 1.89 bits per heavy atom. The summed E-state index contributed by atoms with van der Waals surface area (Å²) in [4.78, 5) is 5.42. The van der Waals surface area contributed by atoms with E-state index in [-0.39, 0.29) is 5.82 Å². The van der Waals surface area contributed by atoms with Crippen LogP contribution in [0.5, 0.6) is 0 Å². The van der Waals surface area contributed by atoms with Crippen LogP contribution >= 0.6 is 31.9 Å². The molecule has 0 atom stereocenters. The second-order valence-corrected chi connectivity index (χ2v) is 6.00. The fraction of sp³-hybridized carbons (Fsp3) is 0.545. The molecule has 2 nitrogen and oxygen atoms in total. The van der Waals surface area contributed by atoms with Crippen LogP contribution in [0.1, 0.15) is 19.4 Å². The number of nitrogens with zero attached hydrogens (tertiary/aromatic N) is 2.